The molecule has 1 fully saturated rings. The highest BCUT2D eigenvalue weighted by atomic mass is 15.2. The molecular weight excluding hydrogens is 238 g/mol. The second-order valence-corrected chi connectivity index (χ2v) is 5.09. The summed E-state index contributed by atoms with van der Waals surface area (Å²) in [5.74, 6) is 1.96. The topological polar surface area (TPSA) is 81.1 Å². The first-order valence-electron chi connectivity index (χ1n) is 6.75. The predicted octanol–water partition coefficient (Wildman–Crippen LogP) is 1.39. The molecule has 0 spiro atoms. The molecule has 0 atom stereocenters. The molecule has 4 N–H and O–H groups in total. The molecule has 1 aromatic heterocycles. The Bertz CT molecular complexity index is 575. The summed E-state index contributed by atoms with van der Waals surface area (Å²) in [5.41, 5.74) is 13.5. The Labute approximate surface area is 112 Å². The lowest BCUT2D eigenvalue weighted by Gasteiger charge is -2.32. The van der Waals surface area contributed by atoms with Gasteiger partial charge in [-0.3, -0.25) is 0 Å². The van der Waals surface area contributed by atoms with Crippen LogP contribution in [0, 0.1) is 5.92 Å². The molecule has 5 heteroatoms. The van der Waals surface area contributed by atoms with Gasteiger partial charge >= 0.3 is 0 Å². The predicted molar refractivity (Wildman–Crippen MR) is 77.9 cm³/mol. The summed E-state index contributed by atoms with van der Waals surface area (Å²) in [6.45, 7) is 2.69. The van der Waals surface area contributed by atoms with E-state index in [1.54, 1.807) is 0 Å². The van der Waals surface area contributed by atoms with Gasteiger partial charge in [0.1, 0.15) is 0 Å². The van der Waals surface area contributed by atoms with Crippen LogP contribution in [0.4, 0.5) is 11.6 Å². The molecule has 0 saturated carbocycles. The second-order valence-electron chi connectivity index (χ2n) is 5.09. The van der Waals surface area contributed by atoms with Crippen molar-refractivity contribution < 1.29 is 0 Å². The van der Waals surface area contributed by atoms with Crippen molar-refractivity contribution >= 4 is 22.7 Å². The number of rotatable bonds is 2. The van der Waals surface area contributed by atoms with E-state index >= 15 is 0 Å². The fourth-order valence-corrected chi connectivity index (χ4v) is 2.62. The Kier molecular flexibility index (Phi) is 3.21. The van der Waals surface area contributed by atoms with Crippen LogP contribution in [0.1, 0.15) is 12.8 Å². The van der Waals surface area contributed by atoms with E-state index in [2.05, 4.69) is 14.9 Å². The number of para-hydroxylation sites is 2. The fraction of sp³-hybridized carbons (Fsp3) is 0.429. The highest BCUT2D eigenvalue weighted by Gasteiger charge is 2.21. The summed E-state index contributed by atoms with van der Waals surface area (Å²) >= 11 is 0. The average molecular weight is 257 g/mol. The van der Waals surface area contributed by atoms with Crippen LogP contribution in [0.2, 0.25) is 0 Å². The lowest BCUT2D eigenvalue weighted by atomic mass is 9.97. The number of hydrogen-bond donors (Lipinski definition) is 2. The van der Waals surface area contributed by atoms with Crippen LogP contribution in [0.15, 0.2) is 24.3 Å². The number of nitrogens with two attached hydrogens (primary N) is 2. The Morgan fingerprint density at radius 3 is 2.37 bits per heavy atom. The van der Waals surface area contributed by atoms with E-state index < -0.39 is 0 Å². The summed E-state index contributed by atoms with van der Waals surface area (Å²) in [6.07, 6.45) is 2.20. The van der Waals surface area contributed by atoms with Crippen LogP contribution < -0.4 is 16.4 Å². The molecule has 0 bridgehead atoms. The van der Waals surface area contributed by atoms with Gasteiger partial charge in [0.2, 0.25) is 0 Å². The van der Waals surface area contributed by atoms with Gasteiger partial charge in [-0.2, -0.15) is 0 Å². The first-order valence-corrected chi connectivity index (χ1v) is 6.75. The van der Waals surface area contributed by atoms with Gasteiger partial charge in [-0.1, -0.05) is 12.1 Å². The molecule has 2 heterocycles. The number of aromatic nitrogens is 2. The number of fused-ring (bicyclic) bond motifs is 1. The molecule has 5 nitrogen and oxygen atoms in total. The van der Waals surface area contributed by atoms with Crippen molar-refractivity contribution in [3.05, 3.63) is 24.3 Å². The average Bonchev–Trinajstić information content (AvgIpc) is 2.47. The van der Waals surface area contributed by atoms with Crippen molar-refractivity contribution in [3.8, 4) is 0 Å². The van der Waals surface area contributed by atoms with E-state index in [4.69, 9.17) is 11.5 Å². The van der Waals surface area contributed by atoms with E-state index in [-0.39, 0.29) is 0 Å². The monoisotopic (exact) mass is 257 g/mol. The maximum absolute atomic E-state index is 6.04. The molecule has 0 aliphatic carbocycles. The minimum atomic E-state index is 0.518. The van der Waals surface area contributed by atoms with E-state index in [1.165, 1.54) is 0 Å². The van der Waals surface area contributed by atoms with Crippen molar-refractivity contribution in [2.75, 3.05) is 30.3 Å². The lowest BCUT2D eigenvalue weighted by Crippen LogP contribution is -2.37. The van der Waals surface area contributed by atoms with Gasteiger partial charge < -0.3 is 16.4 Å². The zero-order valence-electron chi connectivity index (χ0n) is 10.9. The van der Waals surface area contributed by atoms with E-state index in [9.17, 15) is 0 Å². The Morgan fingerprint density at radius 1 is 1.11 bits per heavy atom. The summed E-state index contributed by atoms with van der Waals surface area (Å²) < 4.78 is 0. The van der Waals surface area contributed by atoms with Gasteiger partial charge in [0.05, 0.1) is 11.0 Å². The SMILES string of the molecule is NCC1CCN(c2nc3ccccc3nc2N)CC1. The number of nitrogens with zero attached hydrogens (tertiary/aromatic N) is 3. The quantitative estimate of drug-likeness (QED) is 0.849. The zero-order valence-corrected chi connectivity index (χ0v) is 10.9. The normalized spacial score (nSPS) is 17.0. The van der Waals surface area contributed by atoms with Crippen molar-refractivity contribution in [2.24, 2.45) is 11.7 Å². The minimum Gasteiger partial charge on any atom is -0.381 e. The maximum atomic E-state index is 6.04. The van der Waals surface area contributed by atoms with Crippen LogP contribution in [-0.4, -0.2) is 29.6 Å². The van der Waals surface area contributed by atoms with Crippen LogP contribution in [0.3, 0.4) is 0 Å². The summed E-state index contributed by atoms with van der Waals surface area (Å²) in [4.78, 5) is 11.3. The molecule has 2 aromatic rings. The van der Waals surface area contributed by atoms with Gasteiger partial charge in [-0.15, -0.1) is 0 Å². The molecule has 1 aliphatic heterocycles. The molecular formula is C14H19N5. The smallest absolute Gasteiger partial charge is 0.172 e. The summed E-state index contributed by atoms with van der Waals surface area (Å²) in [5, 5.41) is 0. The number of piperidine rings is 1. The van der Waals surface area contributed by atoms with Gasteiger partial charge in [0, 0.05) is 13.1 Å². The Hall–Kier alpha value is -1.88. The standard InChI is InChI=1S/C14H19N5/c15-9-10-5-7-19(8-6-10)14-13(16)17-11-3-1-2-4-12(11)18-14/h1-4,10H,5-9,15H2,(H2,16,17). The molecule has 1 aromatic carbocycles. The third-order valence-electron chi connectivity index (χ3n) is 3.83. The van der Waals surface area contributed by atoms with Crippen molar-refractivity contribution in [2.45, 2.75) is 12.8 Å². The van der Waals surface area contributed by atoms with Crippen molar-refractivity contribution in [1.82, 2.24) is 9.97 Å². The second kappa shape index (κ2) is 5.01. The van der Waals surface area contributed by atoms with Gasteiger partial charge in [-0.25, -0.2) is 9.97 Å². The lowest BCUT2D eigenvalue weighted by molar-refractivity contribution is 0.413. The third-order valence-corrected chi connectivity index (χ3v) is 3.83. The van der Waals surface area contributed by atoms with Crippen molar-refractivity contribution in [3.63, 3.8) is 0 Å². The van der Waals surface area contributed by atoms with Crippen LogP contribution in [0.5, 0.6) is 0 Å². The Morgan fingerprint density at radius 2 is 1.74 bits per heavy atom. The fourth-order valence-electron chi connectivity index (χ4n) is 2.62. The minimum absolute atomic E-state index is 0.518. The number of benzene rings is 1. The van der Waals surface area contributed by atoms with E-state index in [0.717, 1.165) is 49.3 Å². The number of hydrogen-bond acceptors (Lipinski definition) is 5. The molecule has 19 heavy (non-hydrogen) atoms. The summed E-state index contributed by atoms with van der Waals surface area (Å²) in [6, 6.07) is 7.82. The molecule has 3 rings (SSSR count). The number of nitrogen functional groups attached to an aromatic ring is 1. The number of anilines is 2. The highest BCUT2D eigenvalue weighted by molar-refractivity contribution is 5.79. The summed E-state index contributed by atoms with van der Waals surface area (Å²) in [7, 11) is 0. The van der Waals surface area contributed by atoms with Gasteiger partial charge in [-0.05, 0) is 37.4 Å². The first-order chi connectivity index (χ1) is 9.28. The van der Waals surface area contributed by atoms with Crippen LogP contribution >= 0.6 is 0 Å². The zero-order chi connectivity index (χ0) is 13.2. The maximum Gasteiger partial charge on any atom is 0.172 e. The highest BCUT2D eigenvalue weighted by Crippen LogP contribution is 2.26. The first kappa shape index (κ1) is 12.2. The van der Waals surface area contributed by atoms with Crippen LogP contribution in [-0.2, 0) is 0 Å². The van der Waals surface area contributed by atoms with E-state index in [0.29, 0.717) is 11.7 Å². The van der Waals surface area contributed by atoms with E-state index in [1.807, 2.05) is 24.3 Å². The molecule has 0 radical (unpaired) electrons. The molecule has 1 aliphatic rings. The van der Waals surface area contributed by atoms with Crippen molar-refractivity contribution in [1.29, 1.82) is 0 Å². The van der Waals surface area contributed by atoms with Crippen LogP contribution in [0.25, 0.3) is 11.0 Å². The molecule has 1 saturated heterocycles. The Balaban J connectivity index is 1.90. The largest absolute Gasteiger partial charge is 0.381 e. The molecule has 0 amide bonds. The molecule has 100 valence electrons. The molecule has 0 unspecified atom stereocenters. The van der Waals surface area contributed by atoms with Gasteiger partial charge in [0.15, 0.2) is 11.6 Å². The van der Waals surface area contributed by atoms with Gasteiger partial charge in [0.25, 0.3) is 0 Å². The third kappa shape index (κ3) is 2.33.